The smallest absolute Gasteiger partial charge is 0.264 e. The summed E-state index contributed by atoms with van der Waals surface area (Å²) in [6.45, 7) is 0.549. The van der Waals surface area contributed by atoms with E-state index in [9.17, 15) is 55.9 Å². The van der Waals surface area contributed by atoms with Crippen LogP contribution >= 0.6 is 23.2 Å². The van der Waals surface area contributed by atoms with Gasteiger partial charge in [0.15, 0.2) is 0 Å². The molecule has 2 atom stereocenters. The molecule has 2 fully saturated rings. The first-order valence-electron chi connectivity index (χ1n) is 22.0. The summed E-state index contributed by atoms with van der Waals surface area (Å²) in [6.07, 6.45) is 0.156. The predicted molar refractivity (Wildman–Crippen MR) is 262 cm³/mol. The van der Waals surface area contributed by atoms with E-state index in [1.807, 2.05) is 12.1 Å². The first-order chi connectivity index (χ1) is 33.9. The largest absolute Gasteiger partial charge is 0.391 e. The monoisotopic (exact) mass is 1040 g/mol. The number of aliphatic hydroxyl groups is 2. The Morgan fingerprint density at radius 1 is 0.592 bits per heavy atom. The number of hydrogen-bond donors (Lipinski definition) is 2. The zero-order valence-corrected chi connectivity index (χ0v) is 40.7. The van der Waals surface area contributed by atoms with Gasteiger partial charge in [0.2, 0.25) is 0 Å². The Balaban J connectivity index is 0.000000209. The molecule has 2 aliphatic rings. The molecule has 0 spiro atoms. The molecule has 366 valence electrons. The summed E-state index contributed by atoms with van der Waals surface area (Å²) in [5.41, 5.74) is 1.12. The Bertz CT molecular complexity index is 3270. The quantitative estimate of drug-likeness (QED) is 0.120. The number of anilines is 2. The van der Waals surface area contributed by atoms with E-state index in [2.05, 4.69) is 0 Å². The summed E-state index contributed by atoms with van der Waals surface area (Å²) in [5.74, 6) is -2.84. The van der Waals surface area contributed by atoms with E-state index >= 15 is 0 Å². The van der Waals surface area contributed by atoms with Gasteiger partial charge in [-0.1, -0.05) is 59.6 Å². The zero-order valence-electron chi connectivity index (χ0n) is 37.6. The average Bonchev–Trinajstić information content (AvgIpc) is 3.82. The van der Waals surface area contributed by atoms with E-state index in [0.29, 0.717) is 47.0 Å². The van der Waals surface area contributed by atoms with Gasteiger partial charge in [-0.2, -0.15) is 10.5 Å². The van der Waals surface area contributed by atoms with Gasteiger partial charge in [-0.25, -0.2) is 25.6 Å². The fraction of sp³-hybridized carbons (Fsp3) is 0.216. The first-order valence-corrected chi connectivity index (χ1v) is 25.6. The molecule has 20 heteroatoms. The number of nitrogens with zero attached hydrogens (tertiary/aromatic N) is 6. The van der Waals surface area contributed by atoms with Gasteiger partial charge < -0.3 is 20.0 Å². The Kier molecular flexibility index (Phi) is 16.4. The van der Waals surface area contributed by atoms with Gasteiger partial charge in [-0.15, -0.1) is 0 Å². The lowest BCUT2D eigenvalue weighted by atomic mass is 10.1. The van der Waals surface area contributed by atoms with E-state index in [0.717, 1.165) is 20.7 Å². The molecule has 14 nitrogen and oxygen atoms in total. The van der Waals surface area contributed by atoms with Crippen molar-refractivity contribution in [1.82, 2.24) is 9.80 Å². The molecule has 0 saturated carbocycles. The number of halogens is 4. The van der Waals surface area contributed by atoms with Crippen LogP contribution in [0.2, 0.25) is 10.0 Å². The Hall–Kier alpha value is -6.90. The third-order valence-electron chi connectivity index (χ3n) is 11.7. The number of rotatable bonds is 12. The highest BCUT2D eigenvalue weighted by Gasteiger charge is 2.32. The van der Waals surface area contributed by atoms with Gasteiger partial charge in [0.05, 0.1) is 80.9 Å². The van der Waals surface area contributed by atoms with Crippen LogP contribution in [0.1, 0.15) is 62.2 Å². The van der Waals surface area contributed by atoms with Gasteiger partial charge in [-0.05, 0) is 127 Å². The number of nitriles is 2. The number of carbonyl (C=O) groups excluding carboxylic acids is 2. The summed E-state index contributed by atoms with van der Waals surface area (Å²) < 4.78 is 86.5. The maximum Gasteiger partial charge on any atom is 0.264 e. The second kappa shape index (κ2) is 22.5. The third-order valence-corrected chi connectivity index (χ3v) is 15.7. The number of aliphatic hydroxyl groups excluding tert-OH is 2. The Morgan fingerprint density at radius 2 is 1.00 bits per heavy atom. The maximum atomic E-state index is 14.8. The molecule has 0 radical (unpaired) electrons. The third kappa shape index (κ3) is 12.4. The van der Waals surface area contributed by atoms with Crippen LogP contribution in [0.4, 0.5) is 20.2 Å². The maximum absolute atomic E-state index is 14.8. The number of likely N-dealkylation sites (tertiary alicyclic amines) is 2. The molecular weight excluding hydrogens is 998 g/mol. The van der Waals surface area contributed by atoms with Crippen LogP contribution in [0.15, 0.2) is 143 Å². The molecule has 71 heavy (non-hydrogen) atoms. The highest BCUT2D eigenvalue weighted by atomic mass is 35.5. The van der Waals surface area contributed by atoms with Crippen LogP contribution in [0, 0.1) is 34.3 Å². The highest BCUT2D eigenvalue weighted by Crippen LogP contribution is 2.32. The van der Waals surface area contributed by atoms with Crippen molar-refractivity contribution in [2.45, 2.75) is 54.4 Å². The molecule has 2 unspecified atom stereocenters. The number of amides is 2. The minimum atomic E-state index is -4.22. The number of carbonyl (C=O) groups is 2. The first kappa shape index (κ1) is 51.9. The normalized spacial score (nSPS) is 15.7. The molecule has 0 aromatic heterocycles. The molecule has 2 amide bonds. The number of hydrogen-bond acceptors (Lipinski definition) is 10. The van der Waals surface area contributed by atoms with Gasteiger partial charge in [0.1, 0.15) is 11.6 Å². The van der Waals surface area contributed by atoms with Crippen LogP contribution in [0.3, 0.4) is 0 Å². The molecular formula is C51H44Cl2F2N6O8S2. The van der Waals surface area contributed by atoms with E-state index < -0.39 is 55.7 Å². The van der Waals surface area contributed by atoms with E-state index in [1.165, 1.54) is 82.6 Å². The molecule has 2 aliphatic heterocycles. The molecule has 0 bridgehead atoms. The molecule has 8 rings (SSSR count). The van der Waals surface area contributed by atoms with Crippen LogP contribution < -0.4 is 8.61 Å². The summed E-state index contributed by atoms with van der Waals surface area (Å²) >= 11 is 11.9. The van der Waals surface area contributed by atoms with Crippen LogP contribution in [-0.2, 0) is 33.1 Å². The SMILES string of the molecule is N#Cc1cccc(S(=O)(=O)N(Cc2ccc(Cl)cc2)c2ccc(F)c(C(=O)N3CCC(O)C3)c2)c1.N#Cc1cccc(S(=O)(=O)N(Cc2ccc(Cl)cc2)c2ccc(F)c(C(=O)N3CCCC(O)C3)c2)c1. The number of piperidine rings is 1. The van der Waals surface area contributed by atoms with Crippen molar-refractivity contribution in [2.75, 3.05) is 34.8 Å². The second-order valence-corrected chi connectivity index (χ2v) is 21.2. The molecule has 6 aromatic carbocycles. The fourth-order valence-electron chi connectivity index (χ4n) is 7.92. The van der Waals surface area contributed by atoms with Crippen molar-refractivity contribution in [2.24, 2.45) is 0 Å². The number of sulfonamides is 2. The highest BCUT2D eigenvalue weighted by molar-refractivity contribution is 7.93. The van der Waals surface area contributed by atoms with Crippen LogP contribution in [0.5, 0.6) is 0 Å². The number of β-amino-alcohol motifs (C(OH)–C–C–N with tert-alkyl or cyclic N) is 2. The van der Waals surface area contributed by atoms with Crippen LogP contribution in [-0.4, -0.2) is 87.0 Å². The van der Waals surface area contributed by atoms with Crippen molar-refractivity contribution in [3.63, 3.8) is 0 Å². The van der Waals surface area contributed by atoms with E-state index in [-0.39, 0.29) is 76.1 Å². The van der Waals surface area contributed by atoms with Crippen molar-refractivity contribution >= 4 is 66.4 Å². The van der Waals surface area contributed by atoms with Crippen LogP contribution in [0.25, 0.3) is 0 Å². The summed E-state index contributed by atoms with van der Waals surface area (Å²) in [6, 6.07) is 35.2. The van der Waals surface area contributed by atoms with Gasteiger partial charge in [-0.3, -0.25) is 18.2 Å². The lowest BCUT2D eigenvalue weighted by Crippen LogP contribution is -2.42. The molecule has 0 aliphatic carbocycles. The fourth-order valence-corrected chi connectivity index (χ4v) is 11.2. The van der Waals surface area contributed by atoms with Gasteiger partial charge >= 0.3 is 0 Å². The minimum Gasteiger partial charge on any atom is -0.391 e. The zero-order chi connectivity index (χ0) is 51.0. The lowest BCUT2D eigenvalue weighted by molar-refractivity contribution is 0.0470. The van der Waals surface area contributed by atoms with Crippen molar-refractivity contribution < 1.29 is 45.4 Å². The molecule has 2 saturated heterocycles. The summed E-state index contributed by atoms with van der Waals surface area (Å²) in [4.78, 5) is 28.5. The van der Waals surface area contributed by atoms with Crippen molar-refractivity contribution in [3.05, 3.63) is 189 Å². The summed E-state index contributed by atoms with van der Waals surface area (Å²) in [7, 11) is -8.44. The second-order valence-electron chi connectivity index (χ2n) is 16.6. The van der Waals surface area contributed by atoms with Crippen molar-refractivity contribution in [3.8, 4) is 12.1 Å². The lowest BCUT2D eigenvalue weighted by Gasteiger charge is -2.31. The Labute approximate surface area is 419 Å². The summed E-state index contributed by atoms with van der Waals surface area (Å²) in [5, 5.41) is 39.1. The van der Waals surface area contributed by atoms with Gasteiger partial charge in [0.25, 0.3) is 31.9 Å². The molecule has 2 N–H and O–H groups in total. The standard InChI is InChI=1S/C26H23ClFN3O4S.C25H21ClFN3O4S/c27-20-8-6-18(7-9-20)16-31(36(34,35)23-5-1-3-19(13-23)15-29)21-10-11-25(28)24(14-21)26(33)30-12-2-4-22(32)17-30;26-19-6-4-17(5-7-19)15-30(35(33,34)22-3-1-2-18(12-22)14-28)20-8-9-24(27)23(13-20)25(32)29-11-10-21(31)16-29/h1,3,5-11,13-14,22,32H,2,4,12,16-17H2;1-9,12-13,21,31H,10-11,15-16H2. The van der Waals surface area contributed by atoms with Crippen molar-refractivity contribution in [1.29, 1.82) is 10.5 Å². The predicted octanol–water partition coefficient (Wildman–Crippen LogP) is 8.30. The van der Waals surface area contributed by atoms with E-state index in [4.69, 9.17) is 23.2 Å². The molecule has 2 heterocycles. The average molecular weight is 1040 g/mol. The Morgan fingerprint density at radius 3 is 1.39 bits per heavy atom. The number of benzene rings is 6. The van der Waals surface area contributed by atoms with Gasteiger partial charge in [0, 0.05) is 36.2 Å². The minimum absolute atomic E-state index is 0.0757. The topological polar surface area (TPSA) is 203 Å². The molecule has 6 aromatic rings. The van der Waals surface area contributed by atoms with E-state index in [1.54, 1.807) is 48.5 Å².